The summed E-state index contributed by atoms with van der Waals surface area (Å²) in [7, 11) is 0. The minimum Gasteiger partial charge on any atom is -0.466 e. The third-order valence-electron chi connectivity index (χ3n) is 5.34. The Kier molecular flexibility index (Phi) is 7.04. The molecule has 156 valence electrons. The fourth-order valence-corrected chi connectivity index (χ4v) is 4.07. The summed E-state index contributed by atoms with van der Waals surface area (Å²) in [6, 6.07) is 10.1. The van der Waals surface area contributed by atoms with Crippen LogP contribution in [0.2, 0.25) is 0 Å². The number of likely N-dealkylation sites (tertiary alicyclic amines) is 1. The highest BCUT2D eigenvalue weighted by Gasteiger charge is 2.43. The van der Waals surface area contributed by atoms with E-state index in [0.717, 1.165) is 30.5 Å². The third kappa shape index (κ3) is 5.03. The molecule has 7 heteroatoms. The number of nitrogens with zero attached hydrogens (tertiary/aromatic N) is 2. The maximum atomic E-state index is 13.0. The van der Waals surface area contributed by atoms with E-state index in [2.05, 4.69) is 27.2 Å². The Bertz CT molecular complexity index is 820. The van der Waals surface area contributed by atoms with Crippen molar-refractivity contribution in [2.45, 2.75) is 39.7 Å². The third-order valence-corrected chi connectivity index (χ3v) is 5.34. The smallest absolute Gasteiger partial charge is 0.356 e. The van der Waals surface area contributed by atoms with Crippen LogP contribution in [0.1, 0.15) is 48.3 Å². The van der Waals surface area contributed by atoms with E-state index >= 15 is 0 Å². The summed E-state index contributed by atoms with van der Waals surface area (Å²) < 4.78 is 10.6. The molecule has 1 aromatic heterocycles. The summed E-state index contributed by atoms with van der Waals surface area (Å²) in [5.74, 6) is -0.552. The molecule has 3 rings (SSSR count). The van der Waals surface area contributed by atoms with Crippen LogP contribution in [0.15, 0.2) is 36.5 Å². The zero-order valence-electron chi connectivity index (χ0n) is 17.1. The Labute approximate surface area is 171 Å². The predicted octanol–water partition coefficient (Wildman–Crippen LogP) is 2.97. The molecular formula is C22H29N3O4. The van der Waals surface area contributed by atoms with Gasteiger partial charge in [0.1, 0.15) is 5.69 Å². The van der Waals surface area contributed by atoms with Crippen LogP contribution in [0.5, 0.6) is 0 Å². The fraction of sp³-hybridized carbons (Fsp3) is 0.500. The molecule has 0 spiro atoms. The van der Waals surface area contributed by atoms with Gasteiger partial charge in [-0.1, -0.05) is 30.3 Å². The van der Waals surface area contributed by atoms with E-state index in [-0.39, 0.29) is 5.97 Å². The largest absolute Gasteiger partial charge is 0.466 e. The van der Waals surface area contributed by atoms with Crippen LogP contribution in [0.3, 0.4) is 0 Å². The van der Waals surface area contributed by atoms with Crippen LogP contribution < -0.4 is 0 Å². The lowest BCUT2D eigenvalue weighted by molar-refractivity contribution is -0.159. The molecule has 0 saturated carbocycles. The first-order valence-electron chi connectivity index (χ1n) is 10.2. The molecule has 1 saturated heterocycles. The zero-order valence-corrected chi connectivity index (χ0v) is 17.1. The van der Waals surface area contributed by atoms with Crippen molar-refractivity contribution in [2.75, 3.05) is 26.3 Å². The summed E-state index contributed by atoms with van der Waals surface area (Å²) in [6.07, 6.45) is 3.97. The van der Waals surface area contributed by atoms with E-state index in [1.807, 2.05) is 25.1 Å². The van der Waals surface area contributed by atoms with Crippen LogP contribution in [0.25, 0.3) is 0 Å². The van der Waals surface area contributed by atoms with Crippen molar-refractivity contribution < 1.29 is 19.1 Å². The number of rotatable bonds is 8. The first-order valence-corrected chi connectivity index (χ1v) is 10.2. The number of aromatic nitrogens is 2. The van der Waals surface area contributed by atoms with Gasteiger partial charge in [0.05, 0.1) is 24.8 Å². The molecule has 2 aromatic rings. The van der Waals surface area contributed by atoms with E-state index in [4.69, 9.17) is 9.47 Å². The SMILES string of the molecule is CCOC(=O)c1[nH]ncc1CN1CCC[C@](Cc2ccccc2)(C(=O)OCC)C1. The Morgan fingerprint density at radius 2 is 1.93 bits per heavy atom. The highest BCUT2D eigenvalue weighted by molar-refractivity contribution is 5.88. The second-order valence-electron chi connectivity index (χ2n) is 7.47. The quantitative estimate of drug-likeness (QED) is 0.687. The molecule has 0 amide bonds. The number of H-pyrrole nitrogens is 1. The number of hydrogen-bond donors (Lipinski definition) is 1. The molecule has 1 fully saturated rings. The molecule has 7 nitrogen and oxygen atoms in total. The molecule has 1 aliphatic rings. The van der Waals surface area contributed by atoms with Crippen molar-refractivity contribution in [2.24, 2.45) is 5.41 Å². The van der Waals surface area contributed by atoms with Gasteiger partial charge in [-0.3, -0.25) is 14.8 Å². The number of benzene rings is 1. The van der Waals surface area contributed by atoms with Gasteiger partial charge in [0, 0.05) is 18.7 Å². The van der Waals surface area contributed by atoms with Crippen LogP contribution in [-0.4, -0.2) is 53.3 Å². The summed E-state index contributed by atoms with van der Waals surface area (Å²) >= 11 is 0. The number of piperidine rings is 1. The maximum absolute atomic E-state index is 13.0. The Morgan fingerprint density at radius 3 is 2.66 bits per heavy atom. The van der Waals surface area contributed by atoms with Gasteiger partial charge in [-0.15, -0.1) is 0 Å². The monoisotopic (exact) mass is 399 g/mol. The van der Waals surface area contributed by atoms with Crippen molar-refractivity contribution in [3.05, 3.63) is 53.3 Å². The molecule has 1 aliphatic heterocycles. The van der Waals surface area contributed by atoms with E-state index in [1.54, 1.807) is 13.1 Å². The fourth-order valence-electron chi connectivity index (χ4n) is 4.07. The van der Waals surface area contributed by atoms with Gasteiger partial charge in [-0.2, -0.15) is 5.10 Å². The number of ether oxygens (including phenoxy) is 2. The minimum absolute atomic E-state index is 0.147. The van der Waals surface area contributed by atoms with Gasteiger partial charge >= 0.3 is 11.9 Å². The molecular weight excluding hydrogens is 370 g/mol. The lowest BCUT2D eigenvalue weighted by Gasteiger charge is -2.41. The molecule has 0 aliphatic carbocycles. The Balaban J connectivity index is 1.79. The van der Waals surface area contributed by atoms with Crippen LogP contribution in [-0.2, 0) is 27.2 Å². The number of esters is 2. The van der Waals surface area contributed by atoms with Gasteiger partial charge in [-0.05, 0) is 45.2 Å². The normalized spacial score (nSPS) is 19.7. The van der Waals surface area contributed by atoms with Gasteiger partial charge in [-0.25, -0.2) is 4.79 Å². The molecule has 0 unspecified atom stereocenters. The van der Waals surface area contributed by atoms with E-state index < -0.39 is 11.4 Å². The summed E-state index contributed by atoms with van der Waals surface area (Å²) in [5.41, 5.74) is 1.69. The summed E-state index contributed by atoms with van der Waals surface area (Å²) in [5, 5.41) is 6.76. The van der Waals surface area contributed by atoms with Crippen molar-refractivity contribution in [3.8, 4) is 0 Å². The van der Waals surface area contributed by atoms with E-state index in [0.29, 0.717) is 38.4 Å². The topological polar surface area (TPSA) is 84.5 Å². The van der Waals surface area contributed by atoms with Gasteiger partial charge in [0.15, 0.2) is 0 Å². The summed E-state index contributed by atoms with van der Waals surface area (Å²) in [4.78, 5) is 27.3. The van der Waals surface area contributed by atoms with Crippen molar-refractivity contribution in [1.29, 1.82) is 0 Å². The second kappa shape index (κ2) is 9.69. The molecule has 1 aromatic carbocycles. The van der Waals surface area contributed by atoms with Crippen molar-refractivity contribution >= 4 is 11.9 Å². The lowest BCUT2D eigenvalue weighted by atomic mass is 9.75. The standard InChI is InChI=1S/C22H29N3O4/c1-3-28-20(26)19-18(14-23-24-19)15-25-12-8-11-22(16-25,21(27)29-4-2)13-17-9-6-5-7-10-17/h5-7,9-10,14H,3-4,8,11-13,15-16H2,1-2H3,(H,23,24)/t22-/m1/s1. The van der Waals surface area contributed by atoms with Crippen LogP contribution >= 0.6 is 0 Å². The van der Waals surface area contributed by atoms with Gasteiger partial charge < -0.3 is 9.47 Å². The van der Waals surface area contributed by atoms with Gasteiger partial charge in [0.2, 0.25) is 0 Å². The Hall–Kier alpha value is -2.67. The lowest BCUT2D eigenvalue weighted by Crippen LogP contribution is -2.49. The molecule has 2 heterocycles. The average Bonchev–Trinajstić information content (AvgIpc) is 3.17. The molecule has 1 N–H and O–H groups in total. The molecule has 0 bridgehead atoms. The number of nitrogens with one attached hydrogen (secondary N) is 1. The number of carbonyl (C=O) groups excluding carboxylic acids is 2. The Morgan fingerprint density at radius 1 is 1.17 bits per heavy atom. The maximum Gasteiger partial charge on any atom is 0.356 e. The molecule has 29 heavy (non-hydrogen) atoms. The zero-order chi connectivity index (χ0) is 20.7. The van der Waals surface area contributed by atoms with Gasteiger partial charge in [0.25, 0.3) is 0 Å². The predicted molar refractivity (Wildman–Crippen MR) is 108 cm³/mol. The number of aromatic amines is 1. The van der Waals surface area contributed by atoms with Crippen molar-refractivity contribution in [1.82, 2.24) is 15.1 Å². The highest BCUT2D eigenvalue weighted by atomic mass is 16.5. The van der Waals surface area contributed by atoms with E-state index in [1.165, 1.54) is 0 Å². The minimum atomic E-state index is -0.594. The van der Waals surface area contributed by atoms with E-state index in [9.17, 15) is 9.59 Å². The number of hydrogen-bond acceptors (Lipinski definition) is 6. The summed E-state index contributed by atoms with van der Waals surface area (Å²) in [6.45, 7) is 6.24. The first kappa shape index (κ1) is 21.0. The van der Waals surface area contributed by atoms with Crippen molar-refractivity contribution in [3.63, 3.8) is 0 Å². The average molecular weight is 399 g/mol. The van der Waals surface area contributed by atoms with Crippen LogP contribution in [0.4, 0.5) is 0 Å². The van der Waals surface area contributed by atoms with Crippen LogP contribution in [0, 0.1) is 5.41 Å². The molecule has 1 atom stereocenters. The number of carbonyl (C=O) groups is 2. The first-order chi connectivity index (χ1) is 14.1. The second-order valence-corrected chi connectivity index (χ2v) is 7.47. The molecule has 0 radical (unpaired) electrons. The highest BCUT2D eigenvalue weighted by Crippen LogP contribution is 2.36.